The first-order valence-electron chi connectivity index (χ1n) is 5.80. The van der Waals surface area contributed by atoms with Crippen LogP contribution < -0.4 is 10.6 Å². The van der Waals surface area contributed by atoms with Crippen LogP contribution in [0.3, 0.4) is 0 Å². The second kappa shape index (κ2) is 8.56. The van der Waals surface area contributed by atoms with E-state index < -0.39 is 0 Å². The number of anilines is 1. The minimum absolute atomic E-state index is 0. The molecule has 2 heterocycles. The zero-order valence-corrected chi connectivity index (χ0v) is 11.6. The van der Waals surface area contributed by atoms with E-state index in [4.69, 9.17) is 5.73 Å². The molecule has 1 aromatic heterocycles. The molecule has 98 valence electrons. The van der Waals surface area contributed by atoms with Gasteiger partial charge < -0.3 is 10.6 Å². The minimum atomic E-state index is 0. The number of pyridine rings is 1. The van der Waals surface area contributed by atoms with Gasteiger partial charge >= 0.3 is 0 Å². The van der Waals surface area contributed by atoms with E-state index in [-0.39, 0.29) is 24.8 Å². The van der Waals surface area contributed by atoms with Crippen LogP contribution in [0.5, 0.6) is 0 Å². The monoisotopic (exact) mass is 277 g/mol. The van der Waals surface area contributed by atoms with Crippen LogP contribution >= 0.6 is 24.8 Å². The van der Waals surface area contributed by atoms with Gasteiger partial charge in [-0.1, -0.05) is 12.8 Å². The van der Waals surface area contributed by atoms with E-state index in [1.54, 1.807) is 0 Å². The highest BCUT2D eigenvalue weighted by Crippen LogP contribution is 2.17. The summed E-state index contributed by atoms with van der Waals surface area (Å²) in [5.41, 5.74) is 6.80. The molecule has 1 fully saturated rings. The maximum Gasteiger partial charge on any atom is 0.128 e. The quantitative estimate of drug-likeness (QED) is 0.904. The van der Waals surface area contributed by atoms with Crippen LogP contribution in [0.2, 0.25) is 0 Å². The Morgan fingerprint density at radius 3 is 2.35 bits per heavy atom. The van der Waals surface area contributed by atoms with Crippen LogP contribution in [-0.4, -0.2) is 18.1 Å². The van der Waals surface area contributed by atoms with Gasteiger partial charge in [-0.05, 0) is 30.5 Å². The summed E-state index contributed by atoms with van der Waals surface area (Å²) >= 11 is 0. The summed E-state index contributed by atoms with van der Waals surface area (Å²) in [6.07, 6.45) is 7.14. The standard InChI is InChI=1S/C12H19N3.2ClH/c13-10-11-5-6-14-12(9-11)15-7-3-1-2-4-8-15;;/h5-6,9H,1-4,7-8,10,13H2;2*1H. The van der Waals surface area contributed by atoms with Crippen molar-refractivity contribution in [2.75, 3.05) is 18.0 Å². The van der Waals surface area contributed by atoms with E-state index in [0.29, 0.717) is 6.54 Å². The Bertz CT molecular complexity index is 312. The van der Waals surface area contributed by atoms with E-state index in [1.165, 1.54) is 31.2 Å². The van der Waals surface area contributed by atoms with Gasteiger partial charge in [-0.2, -0.15) is 0 Å². The molecular weight excluding hydrogens is 257 g/mol. The molecule has 0 radical (unpaired) electrons. The van der Waals surface area contributed by atoms with Crippen molar-refractivity contribution in [1.29, 1.82) is 0 Å². The topological polar surface area (TPSA) is 42.1 Å². The van der Waals surface area contributed by atoms with Crippen molar-refractivity contribution >= 4 is 30.6 Å². The Labute approximate surface area is 116 Å². The van der Waals surface area contributed by atoms with Gasteiger partial charge in [-0.15, -0.1) is 24.8 Å². The minimum Gasteiger partial charge on any atom is -0.357 e. The fraction of sp³-hybridized carbons (Fsp3) is 0.583. The van der Waals surface area contributed by atoms with Gasteiger partial charge in [-0.25, -0.2) is 4.98 Å². The summed E-state index contributed by atoms with van der Waals surface area (Å²) in [5, 5.41) is 0. The molecule has 1 aromatic rings. The highest BCUT2D eigenvalue weighted by Gasteiger charge is 2.10. The first kappa shape index (κ1) is 16.5. The summed E-state index contributed by atoms with van der Waals surface area (Å²) in [6.45, 7) is 2.88. The number of nitrogens with zero attached hydrogens (tertiary/aromatic N) is 2. The predicted molar refractivity (Wildman–Crippen MR) is 77.3 cm³/mol. The molecule has 1 aliphatic heterocycles. The number of hydrogen-bond donors (Lipinski definition) is 1. The zero-order chi connectivity index (χ0) is 10.5. The number of hydrogen-bond acceptors (Lipinski definition) is 3. The molecule has 2 rings (SSSR count). The maximum atomic E-state index is 5.63. The maximum absolute atomic E-state index is 5.63. The molecule has 0 spiro atoms. The normalized spacial score (nSPS) is 15.5. The average Bonchev–Trinajstić information content (AvgIpc) is 2.58. The van der Waals surface area contributed by atoms with Crippen molar-refractivity contribution in [1.82, 2.24) is 4.98 Å². The van der Waals surface area contributed by atoms with Gasteiger partial charge in [0.15, 0.2) is 0 Å². The number of halogens is 2. The lowest BCUT2D eigenvalue weighted by Crippen LogP contribution is -2.25. The summed E-state index contributed by atoms with van der Waals surface area (Å²) < 4.78 is 0. The largest absolute Gasteiger partial charge is 0.357 e. The molecule has 0 saturated carbocycles. The highest BCUT2D eigenvalue weighted by atomic mass is 35.5. The van der Waals surface area contributed by atoms with Gasteiger partial charge in [0.1, 0.15) is 5.82 Å². The van der Waals surface area contributed by atoms with Gasteiger partial charge in [0, 0.05) is 25.8 Å². The smallest absolute Gasteiger partial charge is 0.128 e. The van der Waals surface area contributed by atoms with E-state index in [0.717, 1.165) is 18.9 Å². The molecule has 2 N–H and O–H groups in total. The molecule has 0 amide bonds. The summed E-state index contributed by atoms with van der Waals surface area (Å²) in [7, 11) is 0. The number of aromatic nitrogens is 1. The molecule has 1 aliphatic rings. The van der Waals surface area contributed by atoms with Crippen molar-refractivity contribution in [3.8, 4) is 0 Å². The summed E-state index contributed by atoms with van der Waals surface area (Å²) in [5.74, 6) is 1.10. The second-order valence-corrected chi connectivity index (χ2v) is 4.13. The van der Waals surface area contributed by atoms with Crippen molar-refractivity contribution < 1.29 is 0 Å². The Balaban J connectivity index is 0.00000128. The zero-order valence-electron chi connectivity index (χ0n) is 9.97. The van der Waals surface area contributed by atoms with Crippen LogP contribution in [0.4, 0.5) is 5.82 Å². The summed E-state index contributed by atoms with van der Waals surface area (Å²) in [4.78, 5) is 6.80. The predicted octanol–water partition coefficient (Wildman–Crippen LogP) is 2.76. The van der Waals surface area contributed by atoms with Crippen LogP contribution in [0.25, 0.3) is 0 Å². The molecule has 3 nitrogen and oxygen atoms in total. The van der Waals surface area contributed by atoms with Crippen molar-refractivity contribution in [2.24, 2.45) is 5.73 Å². The molecule has 0 aromatic carbocycles. The first-order valence-corrected chi connectivity index (χ1v) is 5.80. The van der Waals surface area contributed by atoms with E-state index >= 15 is 0 Å². The van der Waals surface area contributed by atoms with Crippen molar-refractivity contribution in [3.63, 3.8) is 0 Å². The molecule has 0 bridgehead atoms. The number of rotatable bonds is 2. The SMILES string of the molecule is Cl.Cl.NCc1ccnc(N2CCCCCC2)c1. The Morgan fingerprint density at radius 2 is 1.76 bits per heavy atom. The Hall–Kier alpha value is -0.510. The lowest BCUT2D eigenvalue weighted by molar-refractivity contribution is 0.726. The molecule has 0 aliphatic carbocycles. The third-order valence-electron chi connectivity index (χ3n) is 2.98. The Kier molecular flexibility index (Phi) is 8.30. The lowest BCUT2D eigenvalue weighted by atomic mass is 10.2. The van der Waals surface area contributed by atoms with Crippen LogP contribution in [0, 0.1) is 0 Å². The molecule has 0 atom stereocenters. The average molecular weight is 278 g/mol. The van der Waals surface area contributed by atoms with Crippen LogP contribution in [0.1, 0.15) is 31.2 Å². The van der Waals surface area contributed by atoms with Gasteiger partial charge in [0.25, 0.3) is 0 Å². The second-order valence-electron chi connectivity index (χ2n) is 4.13. The third kappa shape index (κ3) is 4.70. The lowest BCUT2D eigenvalue weighted by Gasteiger charge is -2.21. The molecular formula is C12H21Cl2N3. The van der Waals surface area contributed by atoms with Gasteiger partial charge in [0.2, 0.25) is 0 Å². The fourth-order valence-electron chi connectivity index (χ4n) is 2.06. The van der Waals surface area contributed by atoms with Crippen molar-refractivity contribution in [2.45, 2.75) is 32.2 Å². The fourth-order valence-corrected chi connectivity index (χ4v) is 2.06. The van der Waals surface area contributed by atoms with E-state index in [2.05, 4.69) is 16.0 Å². The molecule has 0 unspecified atom stereocenters. The summed E-state index contributed by atoms with van der Waals surface area (Å²) in [6, 6.07) is 4.10. The van der Waals surface area contributed by atoms with E-state index in [9.17, 15) is 0 Å². The highest BCUT2D eigenvalue weighted by molar-refractivity contribution is 5.85. The molecule has 5 heteroatoms. The first-order chi connectivity index (χ1) is 7.40. The molecule has 1 saturated heterocycles. The Morgan fingerprint density at radius 1 is 1.12 bits per heavy atom. The van der Waals surface area contributed by atoms with Crippen molar-refractivity contribution in [3.05, 3.63) is 23.9 Å². The third-order valence-corrected chi connectivity index (χ3v) is 2.98. The van der Waals surface area contributed by atoms with Gasteiger partial charge in [0.05, 0.1) is 0 Å². The van der Waals surface area contributed by atoms with Crippen LogP contribution in [0.15, 0.2) is 18.3 Å². The van der Waals surface area contributed by atoms with Gasteiger partial charge in [-0.3, -0.25) is 0 Å². The van der Waals surface area contributed by atoms with Crippen LogP contribution in [-0.2, 0) is 6.54 Å². The molecule has 17 heavy (non-hydrogen) atoms. The van der Waals surface area contributed by atoms with E-state index in [1.807, 2.05) is 12.3 Å². The number of nitrogens with two attached hydrogens (primary N) is 1.